The van der Waals surface area contributed by atoms with E-state index in [2.05, 4.69) is 5.32 Å². The zero-order valence-corrected chi connectivity index (χ0v) is 28.3. The van der Waals surface area contributed by atoms with E-state index in [1.165, 1.54) is 43.2 Å². The number of aryl methyl sites for hydroxylation is 1. The van der Waals surface area contributed by atoms with E-state index in [9.17, 15) is 28.1 Å². The van der Waals surface area contributed by atoms with Crippen LogP contribution in [0.5, 0.6) is 5.75 Å². The number of carbonyl (C=O) groups excluding carboxylic acids is 2. The van der Waals surface area contributed by atoms with Crippen molar-refractivity contribution in [3.8, 4) is 5.75 Å². The fourth-order valence-electron chi connectivity index (χ4n) is 6.05. The highest BCUT2D eigenvalue weighted by atomic mass is 32.2. The van der Waals surface area contributed by atoms with E-state index < -0.39 is 33.4 Å². The quantitative estimate of drug-likeness (QED) is 0.131. The summed E-state index contributed by atoms with van der Waals surface area (Å²) in [7, 11) is -3.06. The molecule has 0 spiro atoms. The van der Waals surface area contributed by atoms with Crippen LogP contribution in [0.2, 0.25) is 0 Å². The summed E-state index contributed by atoms with van der Waals surface area (Å²) in [6, 6.07) is 27.4. The van der Waals surface area contributed by atoms with Gasteiger partial charge in [-0.05, 0) is 61.2 Å². The summed E-state index contributed by atoms with van der Waals surface area (Å²) in [6.07, 6.45) is 3.92. The summed E-state index contributed by atoms with van der Waals surface area (Å²) in [4.78, 5) is 40.9. The van der Waals surface area contributed by atoms with Gasteiger partial charge in [-0.15, -0.1) is 0 Å². The average molecular weight is 685 g/mol. The molecule has 49 heavy (non-hydrogen) atoms. The topological polar surface area (TPSA) is 139 Å². The van der Waals surface area contributed by atoms with E-state index >= 15 is 0 Å². The van der Waals surface area contributed by atoms with Crippen LogP contribution in [-0.4, -0.2) is 55.8 Å². The number of hydrogen-bond acceptors (Lipinski definition) is 7. The molecule has 1 N–H and O–H groups in total. The fraction of sp³-hybridized carbons (Fsp3) is 0.297. The van der Waals surface area contributed by atoms with E-state index in [4.69, 9.17) is 4.74 Å². The first kappa shape index (κ1) is 35.1. The molecule has 0 bridgehead atoms. The van der Waals surface area contributed by atoms with Crippen molar-refractivity contribution in [3.05, 3.63) is 130 Å². The van der Waals surface area contributed by atoms with Crippen LogP contribution >= 0.6 is 0 Å². The number of sulfonamides is 1. The van der Waals surface area contributed by atoms with Crippen molar-refractivity contribution in [1.29, 1.82) is 0 Å². The van der Waals surface area contributed by atoms with Crippen LogP contribution in [0, 0.1) is 17.0 Å². The van der Waals surface area contributed by atoms with Gasteiger partial charge in [0, 0.05) is 30.6 Å². The number of benzene rings is 4. The zero-order chi connectivity index (χ0) is 35.0. The first-order valence-electron chi connectivity index (χ1n) is 16.2. The lowest BCUT2D eigenvalue weighted by atomic mass is 10.0. The lowest BCUT2D eigenvalue weighted by Gasteiger charge is -2.34. The minimum absolute atomic E-state index is 0.00652. The van der Waals surface area contributed by atoms with Crippen molar-refractivity contribution in [2.75, 3.05) is 18.0 Å². The number of methoxy groups -OCH3 is 1. The molecule has 5 rings (SSSR count). The Hall–Kier alpha value is -5.23. The number of rotatable bonds is 14. The van der Waals surface area contributed by atoms with Gasteiger partial charge in [0.2, 0.25) is 11.8 Å². The molecule has 1 saturated carbocycles. The molecule has 0 radical (unpaired) electrons. The van der Waals surface area contributed by atoms with E-state index in [0.29, 0.717) is 11.3 Å². The van der Waals surface area contributed by atoms with E-state index in [-0.39, 0.29) is 41.2 Å². The number of nitro benzene ring substituents is 1. The molecule has 4 aromatic carbocycles. The smallest absolute Gasteiger partial charge is 0.273 e. The minimum atomic E-state index is -4.53. The molecule has 1 fully saturated rings. The van der Waals surface area contributed by atoms with E-state index in [0.717, 1.165) is 47.2 Å². The van der Waals surface area contributed by atoms with Crippen LogP contribution in [-0.2, 0) is 32.6 Å². The van der Waals surface area contributed by atoms with Crippen molar-refractivity contribution in [3.63, 3.8) is 0 Å². The Labute approximate surface area is 286 Å². The molecule has 1 atom stereocenters. The van der Waals surface area contributed by atoms with Gasteiger partial charge in [0.25, 0.3) is 15.7 Å². The number of nitrogens with zero attached hydrogens (tertiary/aromatic N) is 3. The highest BCUT2D eigenvalue weighted by Crippen LogP contribution is 2.30. The first-order valence-corrected chi connectivity index (χ1v) is 17.6. The van der Waals surface area contributed by atoms with Gasteiger partial charge in [-0.25, -0.2) is 8.42 Å². The Morgan fingerprint density at radius 2 is 1.53 bits per heavy atom. The van der Waals surface area contributed by atoms with Crippen LogP contribution in [0.25, 0.3) is 0 Å². The van der Waals surface area contributed by atoms with Gasteiger partial charge in [0.1, 0.15) is 18.3 Å². The molecule has 0 aliphatic heterocycles. The molecule has 2 amide bonds. The molecule has 0 unspecified atom stereocenters. The summed E-state index contributed by atoms with van der Waals surface area (Å²) in [6.45, 7) is 0.886. The molecule has 1 aliphatic rings. The maximum atomic E-state index is 14.6. The third kappa shape index (κ3) is 8.63. The van der Waals surface area contributed by atoms with Crippen LogP contribution in [0.1, 0.15) is 42.4 Å². The van der Waals surface area contributed by atoms with Crippen LogP contribution in [0.3, 0.4) is 0 Å². The molecule has 0 saturated heterocycles. The highest BCUT2D eigenvalue weighted by molar-refractivity contribution is 7.92. The maximum Gasteiger partial charge on any atom is 0.273 e. The number of nitro groups is 1. The molecule has 11 nitrogen and oxygen atoms in total. The summed E-state index contributed by atoms with van der Waals surface area (Å²) in [5.41, 5.74) is 1.68. The zero-order valence-electron chi connectivity index (χ0n) is 27.5. The molecule has 1 aliphatic carbocycles. The largest absolute Gasteiger partial charge is 0.497 e. The summed E-state index contributed by atoms with van der Waals surface area (Å²) in [5.74, 6) is -0.462. The third-order valence-corrected chi connectivity index (χ3v) is 10.5. The Morgan fingerprint density at radius 1 is 0.918 bits per heavy atom. The van der Waals surface area contributed by atoms with Crippen LogP contribution in [0.4, 0.5) is 11.4 Å². The molecule has 0 aromatic heterocycles. The maximum absolute atomic E-state index is 14.6. The number of ether oxygens (including phenoxy) is 1. The predicted molar refractivity (Wildman–Crippen MR) is 187 cm³/mol. The Bertz CT molecular complexity index is 1860. The van der Waals surface area contributed by atoms with Crippen molar-refractivity contribution in [2.45, 2.75) is 62.6 Å². The normalized spacial score (nSPS) is 13.8. The molecule has 12 heteroatoms. The molecular weight excluding hydrogens is 644 g/mol. The van der Waals surface area contributed by atoms with E-state index in [1.54, 1.807) is 12.1 Å². The van der Waals surface area contributed by atoms with Crippen molar-refractivity contribution >= 4 is 33.2 Å². The van der Waals surface area contributed by atoms with Crippen LogP contribution < -0.4 is 14.4 Å². The Morgan fingerprint density at radius 3 is 2.12 bits per heavy atom. The number of nitrogens with one attached hydrogen (secondary N) is 1. The summed E-state index contributed by atoms with van der Waals surface area (Å²) < 4.78 is 34.9. The Balaban J connectivity index is 1.58. The second kappa shape index (κ2) is 15.8. The summed E-state index contributed by atoms with van der Waals surface area (Å²) >= 11 is 0. The van der Waals surface area contributed by atoms with Gasteiger partial charge in [0.05, 0.1) is 22.6 Å². The number of carbonyl (C=O) groups is 2. The predicted octanol–water partition coefficient (Wildman–Crippen LogP) is 5.81. The number of hydrogen-bond donors (Lipinski definition) is 1. The molecule has 256 valence electrons. The SMILES string of the molecule is COc1ccc(N(CC(=O)N(Cc2ccccc2)[C@@H](Cc2ccccc2)C(=O)NC2CCCC2)S(=O)(=O)c2ccc(C)c([N+](=O)[O-])c2)cc1. The average Bonchev–Trinajstić information content (AvgIpc) is 3.62. The Kier molecular flexibility index (Phi) is 11.3. The molecular formula is C37H40N4O7S. The van der Waals surface area contributed by atoms with Gasteiger partial charge in [0.15, 0.2) is 0 Å². The minimum Gasteiger partial charge on any atom is -0.497 e. The lowest BCUT2D eigenvalue weighted by molar-refractivity contribution is -0.385. The molecule has 0 heterocycles. The molecule has 4 aromatic rings. The number of anilines is 1. The summed E-state index contributed by atoms with van der Waals surface area (Å²) in [5, 5.41) is 14.9. The van der Waals surface area contributed by atoms with Crippen molar-refractivity contribution in [1.82, 2.24) is 10.2 Å². The first-order chi connectivity index (χ1) is 23.6. The van der Waals surface area contributed by atoms with Crippen LogP contribution in [0.15, 0.2) is 108 Å². The van der Waals surface area contributed by atoms with E-state index in [1.807, 2.05) is 60.7 Å². The third-order valence-electron chi connectivity index (χ3n) is 8.77. The second-order valence-electron chi connectivity index (χ2n) is 12.1. The van der Waals surface area contributed by atoms with Gasteiger partial charge in [-0.2, -0.15) is 0 Å². The van der Waals surface area contributed by atoms with Gasteiger partial charge < -0.3 is 15.0 Å². The fourth-order valence-corrected chi connectivity index (χ4v) is 7.49. The van der Waals surface area contributed by atoms with Gasteiger partial charge in [-0.1, -0.05) is 79.6 Å². The second-order valence-corrected chi connectivity index (χ2v) is 14.0. The van der Waals surface area contributed by atoms with Gasteiger partial charge in [-0.3, -0.25) is 24.0 Å². The number of amides is 2. The highest BCUT2D eigenvalue weighted by Gasteiger charge is 2.36. The van der Waals surface area contributed by atoms with Gasteiger partial charge >= 0.3 is 0 Å². The lowest BCUT2D eigenvalue weighted by Crippen LogP contribution is -2.54. The van der Waals surface area contributed by atoms with Crippen molar-refractivity contribution < 1.29 is 27.7 Å². The standard InChI is InChI=1S/C37H40N4O7S/c1-27-17-22-33(24-34(27)41(44)45)49(46,47)40(31-18-20-32(48-2)21-19-31)26-36(42)39(25-29-13-7-4-8-14-29)35(23-28-11-5-3-6-12-28)37(43)38-30-15-9-10-16-30/h3-8,11-14,17-22,24,30,35H,9-10,15-16,23,25-26H2,1-2H3,(H,38,43)/t35-/m0/s1. The van der Waals surface area contributed by atoms with Crippen molar-refractivity contribution in [2.24, 2.45) is 0 Å². The monoisotopic (exact) mass is 684 g/mol.